The Bertz CT molecular complexity index is 1410. The molecule has 0 aliphatic carbocycles. The first-order chi connectivity index (χ1) is 35.0. The maximum absolute atomic E-state index is 12.9. The normalized spacial score (nSPS) is 12.8. The van der Waals surface area contributed by atoms with E-state index in [0.29, 0.717) is 19.3 Å². The van der Waals surface area contributed by atoms with E-state index in [1.54, 1.807) is 0 Å². The van der Waals surface area contributed by atoms with Crippen LogP contribution >= 0.6 is 0 Å². The van der Waals surface area contributed by atoms with Crippen LogP contribution in [0.3, 0.4) is 0 Å². The second-order valence-corrected chi connectivity index (χ2v) is 19.5. The summed E-state index contributed by atoms with van der Waals surface area (Å²) in [5, 5.41) is 0. The average molecular weight is 988 g/mol. The molecule has 0 saturated carbocycles. The van der Waals surface area contributed by atoms with Gasteiger partial charge in [0.15, 0.2) is 6.10 Å². The van der Waals surface area contributed by atoms with E-state index in [0.717, 1.165) is 96.3 Å². The second kappa shape index (κ2) is 58.9. The zero-order valence-corrected chi connectivity index (χ0v) is 46.5. The molecular formula is C65H110O6. The average Bonchev–Trinajstić information content (AvgIpc) is 3.37. The topological polar surface area (TPSA) is 78.9 Å². The van der Waals surface area contributed by atoms with Crippen LogP contribution in [0.1, 0.15) is 278 Å². The lowest BCUT2D eigenvalue weighted by atomic mass is 10.1. The molecule has 1 atom stereocenters. The Morgan fingerprint density at radius 1 is 0.282 bits per heavy atom. The summed E-state index contributed by atoms with van der Waals surface area (Å²) in [5.74, 6) is -0.975. The van der Waals surface area contributed by atoms with Gasteiger partial charge in [-0.3, -0.25) is 14.4 Å². The van der Waals surface area contributed by atoms with Crippen molar-refractivity contribution in [1.82, 2.24) is 0 Å². The summed E-state index contributed by atoms with van der Waals surface area (Å²) in [7, 11) is 0. The fourth-order valence-corrected chi connectivity index (χ4v) is 8.01. The molecule has 0 heterocycles. The summed E-state index contributed by atoms with van der Waals surface area (Å²) < 4.78 is 16.8. The predicted molar refractivity (Wildman–Crippen MR) is 307 cm³/mol. The number of ether oxygens (including phenoxy) is 3. The van der Waals surface area contributed by atoms with Crippen LogP contribution in [0.25, 0.3) is 0 Å². The zero-order chi connectivity index (χ0) is 51.4. The van der Waals surface area contributed by atoms with E-state index in [2.05, 4.69) is 118 Å². The summed E-state index contributed by atoms with van der Waals surface area (Å²) in [5.41, 5.74) is 0. The zero-order valence-electron chi connectivity index (χ0n) is 46.5. The molecule has 0 N–H and O–H groups in total. The van der Waals surface area contributed by atoms with Crippen LogP contribution in [-0.4, -0.2) is 37.2 Å². The molecular weight excluding hydrogens is 877 g/mol. The fourth-order valence-electron chi connectivity index (χ4n) is 8.01. The largest absolute Gasteiger partial charge is 0.462 e. The monoisotopic (exact) mass is 987 g/mol. The number of hydrogen-bond acceptors (Lipinski definition) is 6. The molecule has 0 aliphatic rings. The van der Waals surface area contributed by atoms with Crippen LogP contribution in [-0.2, 0) is 28.6 Å². The van der Waals surface area contributed by atoms with Gasteiger partial charge in [-0.1, -0.05) is 227 Å². The first kappa shape index (κ1) is 67.3. The molecule has 0 fully saturated rings. The van der Waals surface area contributed by atoms with Gasteiger partial charge in [0.2, 0.25) is 0 Å². The molecule has 0 aliphatic heterocycles. The molecule has 0 aromatic carbocycles. The standard InChI is InChI=1S/C65H110O6/c1-4-7-10-13-16-19-22-25-28-30-32-34-37-40-43-46-49-52-55-58-64(67)70-61-62(60-69-63(66)57-54-51-48-45-42-39-36-27-24-21-18-15-12-9-6-3)71-65(68)59-56-53-50-47-44-41-38-35-33-31-29-26-23-20-17-14-11-8-5-2/h16,18-19,21,25,27-28,31-34,36,40,42-43,45,62H,4-15,17,20,22-24,26,29-30,35,37-39,41,44,46-61H2,1-3H3/b19-16-,21-18-,28-25-,33-31-,34-32-,36-27-,43-40-,45-42-/t62-/m1/s1. The Hall–Kier alpha value is -3.67. The molecule has 0 aromatic heterocycles. The number of esters is 3. The second-order valence-electron chi connectivity index (χ2n) is 19.5. The van der Waals surface area contributed by atoms with Gasteiger partial charge in [-0.2, -0.15) is 0 Å². The molecule has 6 nitrogen and oxygen atoms in total. The van der Waals surface area contributed by atoms with Crippen molar-refractivity contribution in [2.75, 3.05) is 13.2 Å². The number of hydrogen-bond donors (Lipinski definition) is 0. The Morgan fingerprint density at radius 3 is 0.873 bits per heavy atom. The van der Waals surface area contributed by atoms with E-state index >= 15 is 0 Å². The van der Waals surface area contributed by atoms with E-state index in [9.17, 15) is 14.4 Å². The molecule has 0 spiro atoms. The lowest BCUT2D eigenvalue weighted by Crippen LogP contribution is -2.30. The Balaban J connectivity index is 4.50. The van der Waals surface area contributed by atoms with E-state index in [4.69, 9.17) is 14.2 Å². The van der Waals surface area contributed by atoms with Gasteiger partial charge in [-0.05, 0) is 128 Å². The quantitative estimate of drug-likeness (QED) is 0.0261. The van der Waals surface area contributed by atoms with Gasteiger partial charge in [-0.15, -0.1) is 0 Å². The Morgan fingerprint density at radius 2 is 0.507 bits per heavy atom. The van der Waals surface area contributed by atoms with E-state index in [1.165, 1.54) is 141 Å². The van der Waals surface area contributed by atoms with Crippen LogP contribution in [0.15, 0.2) is 97.2 Å². The van der Waals surface area contributed by atoms with Gasteiger partial charge in [0.05, 0.1) is 0 Å². The number of carbonyl (C=O) groups is 3. The van der Waals surface area contributed by atoms with E-state index in [-0.39, 0.29) is 31.1 Å². The Labute approximate surface area is 438 Å². The number of allylic oxidation sites excluding steroid dienone is 16. The third-order valence-electron chi connectivity index (χ3n) is 12.5. The Kier molecular flexibility index (Phi) is 55.9. The van der Waals surface area contributed by atoms with E-state index < -0.39 is 6.10 Å². The lowest BCUT2D eigenvalue weighted by Gasteiger charge is -2.18. The molecule has 406 valence electrons. The van der Waals surface area contributed by atoms with Gasteiger partial charge in [0.1, 0.15) is 13.2 Å². The van der Waals surface area contributed by atoms with Gasteiger partial charge in [-0.25, -0.2) is 0 Å². The molecule has 0 amide bonds. The molecule has 0 unspecified atom stereocenters. The molecule has 6 heteroatoms. The fraction of sp³-hybridized carbons (Fsp3) is 0.708. The van der Waals surface area contributed by atoms with Gasteiger partial charge in [0, 0.05) is 19.3 Å². The highest BCUT2D eigenvalue weighted by Gasteiger charge is 2.19. The first-order valence-electron chi connectivity index (χ1n) is 29.7. The number of unbranched alkanes of at least 4 members (excludes halogenated alkanes) is 26. The van der Waals surface area contributed by atoms with Crippen molar-refractivity contribution >= 4 is 17.9 Å². The molecule has 0 aromatic rings. The number of rotatable bonds is 53. The van der Waals surface area contributed by atoms with Crippen molar-refractivity contribution in [3.05, 3.63) is 97.2 Å². The molecule has 0 saturated heterocycles. The maximum Gasteiger partial charge on any atom is 0.306 e. The van der Waals surface area contributed by atoms with Crippen LogP contribution in [0, 0.1) is 0 Å². The van der Waals surface area contributed by atoms with Crippen molar-refractivity contribution < 1.29 is 28.6 Å². The van der Waals surface area contributed by atoms with Crippen molar-refractivity contribution in [3.63, 3.8) is 0 Å². The smallest absolute Gasteiger partial charge is 0.306 e. The van der Waals surface area contributed by atoms with Crippen LogP contribution in [0.5, 0.6) is 0 Å². The highest BCUT2D eigenvalue weighted by Crippen LogP contribution is 2.14. The molecule has 0 rings (SSSR count). The maximum atomic E-state index is 12.9. The minimum atomic E-state index is -0.810. The van der Waals surface area contributed by atoms with Crippen molar-refractivity contribution in [3.8, 4) is 0 Å². The van der Waals surface area contributed by atoms with Gasteiger partial charge < -0.3 is 14.2 Å². The van der Waals surface area contributed by atoms with Crippen molar-refractivity contribution in [2.45, 2.75) is 284 Å². The predicted octanol–water partition coefficient (Wildman–Crippen LogP) is 20.1. The third-order valence-corrected chi connectivity index (χ3v) is 12.5. The summed E-state index contributed by atoms with van der Waals surface area (Å²) in [6, 6.07) is 0. The molecule has 0 radical (unpaired) electrons. The minimum absolute atomic E-state index is 0.108. The highest BCUT2D eigenvalue weighted by atomic mass is 16.6. The first-order valence-corrected chi connectivity index (χ1v) is 29.7. The SMILES string of the molecule is CCCCC/C=C\C/C=C\C/C=C\C/C=C\CCCCCC(=O)OC[C@@H](COC(=O)CCCC/C=C\C/C=C\C/C=C\CCCCC)OC(=O)CCCCCCCCC/C=C\CCCCCCCCCC. The molecule has 0 bridgehead atoms. The molecule has 71 heavy (non-hydrogen) atoms. The number of carbonyl (C=O) groups excluding carboxylic acids is 3. The van der Waals surface area contributed by atoms with Crippen molar-refractivity contribution in [1.29, 1.82) is 0 Å². The van der Waals surface area contributed by atoms with Crippen molar-refractivity contribution in [2.24, 2.45) is 0 Å². The highest BCUT2D eigenvalue weighted by molar-refractivity contribution is 5.71. The summed E-state index contributed by atoms with van der Waals surface area (Å²) in [6.07, 6.45) is 78.3. The van der Waals surface area contributed by atoms with E-state index in [1.807, 2.05) is 0 Å². The third kappa shape index (κ3) is 57.1. The van der Waals surface area contributed by atoms with Crippen LogP contribution < -0.4 is 0 Å². The summed E-state index contributed by atoms with van der Waals surface area (Å²) in [6.45, 7) is 6.53. The van der Waals surface area contributed by atoms with Gasteiger partial charge in [0.25, 0.3) is 0 Å². The van der Waals surface area contributed by atoms with Crippen LogP contribution in [0.2, 0.25) is 0 Å². The summed E-state index contributed by atoms with van der Waals surface area (Å²) >= 11 is 0. The van der Waals surface area contributed by atoms with Crippen LogP contribution in [0.4, 0.5) is 0 Å². The lowest BCUT2D eigenvalue weighted by molar-refractivity contribution is -0.167. The van der Waals surface area contributed by atoms with Gasteiger partial charge >= 0.3 is 17.9 Å². The summed E-state index contributed by atoms with van der Waals surface area (Å²) in [4.78, 5) is 38.2. The minimum Gasteiger partial charge on any atom is -0.462 e.